The maximum Gasteiger partial charge on any atom is 0.263 e. The van der Waals surface area contributed by atoms with Gasteiger partial charge in [0.05, 0.1) is 10.7 Å². The molecule has 3 rings (SSSR count). The van der Waals surface area contributed by atoms with E-state index in [4.69, 9.17) is 0 Å². The van der Waals surface area contributed by atoms with Gasteiger partial charge in [0.15, 0.2) is 5.82 Å². The van der Waals surface area contributed by atoms with Crippen molar-refractivity contribution in [2.24, 2.45) is 0 Å². The van der Waals surface area contributed by atoms with Crippen LogP contribution in [-0.2, 0) is 6.54 Å². The predicted molar refractivity (Wildman–Crippen MR) is 89.4 cm³/mol. The summed E-state index contributed by atoms with van der Waals surface area (Å²) >= 11 is 1.42. The number of hydrogen-bond donors (Lipinski definition) is 1. The number of nitrogens with one attached hydrogen (secondary N) is 1. The van der Waals surface area contributed by atoms with Crippen LogP contribution in [0, 0.1) is 13.8 Å². The highest BCUT2D eigenvalue weighted by Crippen LogP contribution is 2.17. The summed E-state index contributed by atoms with van der Waals surface area (Å²) in [6.45, 7) is 4.91. The number of imidazole rings is 1. The van der Waals surface area contributed by atoms with Crippen LogP contribution in [0.5, 0.6) is 0 Å². The lowest BCUT2D eigenvalue weighted by Crippen LogP contribution is -2.27. The van der Waals surface area contributed by atoms with Gasteiger partial charge in [-0.2, -0.15) is 0 Å². The SMILES string of the molecule is Cc1nc(C)c(C(=O)NCCn2ccnc2-c2ccccn2)s1. The summed E-state index contributed by atoms with van der Waals surface area (Å²) in [5, 5.41) is 3.84. The van der Waals surface area contributed by atoms with E-state index in [0.29, 0.717) is 18.0 Å². The zero-order chi connectivity index (χ0) is 16.2. The van der Waals surface area contributed by atoms with E-state index in [-0.39, 0.29) is 5.91 Å². The summed E-state index contributed by atoms with van der Waals surface area (Å²) in [5.41, 5.74) is 1.60. The molecule has 0 aromatic carbocycles. The fourth-order valence-corrected chi connectivity index (χ4v) is 3.17. The minimum Gasteiger partial charge on any atom is -0.349 e. The number of carbonyl (C=O) groups is 1. The molecule has 0 radical (unpaired) electrons. The highest BCUT2D eigenvalue weighted by Gasteiger charge is 2.13. The lowest BCUT2D eigenvalue weighted by atomic mass is 10.3. The number of amides is 1. The first-order chi connectivity index (χ1) is 11.1. The Morgan fingerprint density at radius 2 is 2.13 bits per heavy atom. The molecule has 3 aromatic heterocycles. The fraction of sp³-hybridized carbons (Fsp3) is 0.250. The Labute approximate surface area is 138 Å². The molecule has 0 saturated heterocycles. The van der Waals surface area contributed by atoms with Crippen molar-refractivity contribution in [3.8, 4) is 11.5 Å². The maximum absolute atomic E-state index is 12.2. The van der Waals surface area contributed by atoms with Crippen LogP contribution in [0.15, 0.2) is 36.8 Å². The van der Waals surface area contributed by atoms with Gasteiger partial charge in [0, 0.05) is 31.7 Å². The van der Waals surface area contributed by atoms with Gasteiger partial charge in [-0.05, 0) is 26.0 Å². The van der Waals surface area contributed by atoms with Crippen molar-refractivity contribution in [2.75, 3.05) is 6.54 Å². The molecule has 0 atom stereocenters. The molecule has 3 heterocycles. The van der Waals surface area contributed by atoms with Gasteiger partial charge in [-0.25, -0.2) is 9.97 Å². The Hall–Kier alpha value is -2.54. The van der Waals surface area contributed by atoms with Crippen LogP contribution in [0.2, 0.25) is 0 Å². The van der Waals surface area contributed by atoms with Gasteiger partial charge in [-0.1, -0.05) is 6.07 Å². The van der Waals surface area contributed by atoms with Gasteiger partial charge < -0.3 is 9.88 Å². The minimum absolute atomic E-state index is 0.0763. The summed E-state index contributed by atoms with van der Waals surface area (Å²) in [7, 11) is 0. The monoisotopic (exact) mass is 327 g/mol. The van der Waals surface area contributed by atoms with Gasteiger partial charge in [0.2, 0.25) is 0 Å². The van der Waals surface area contributed by atoms with E-state index in [9.17, 15) is 4.79 Å². The van der Waals surface area contributed by atoms with Crippen molar-refractivity contribution < 1.29 is 4.79 Å². The number of rotatable bonds is 5. The molecule has 0 aliphatic heterocycles. The van der Waals surface area contributed by atoms with Crippen molar-refractivity contribution in [3.05, 3.63) is 52.4 Å². The van der Waals surface area contributed by atoms with E-state index in [0.717, 1.165) is 22.2 Å². The van der Waals surface area contributed by atoms with Crippen LogP contribution >= 0.6 is 11.3 Å². The predicted octanol–water partition coefficient (Wildman–Crippen LogP) is 2.45. The van der Waals surface area contributed by atoms with E-state index in [2.05, 4.69) is 20.3 Å². The molecular weight excluding hydrogens is 310 g/mol. The molecule has 0 saturated carbocycles. The first kappa shape index (κ1) is 15.4. The number of pyridine rings is 1. The number of carbonyl (C=O) groups excluding carboxylic acids is 1. The third-order valence-corrected chi connectivity index (χ3v) is 4.43. The van der Waals surface area contributed by atoms with Crippen molar-refractivity contribution in [2.45, 2.75) is 20.4 Å². The molecule has 0 unspecified atom stereocenters. The number of hydrogen-bond acceptors (Lipinski definition) is 5. The number of thiazole rings is 1. The quantitative estimate of drug-likeness (QED) is 0.781. The molecule has 0 spiro atoms. The topological polar surface area (TPSA) is 72.7 Å². The Morgan fingerprint density at radius 3 is 2.83 bits per heavy atom. The summed E-state index contributed by atoms with van der Waals surface area (Å²) < 4.78 is 1.98. The lowest BCUT2D eigenvalue weighted by Gasteiger charge is -2.08. The average Bonchev–Trinajstić information content (AvgIpc) is 3.14. The van der Waals surface area contributed by atoms with Gasteiger partial charge in [0.25, 0.3) is 5.91 Å². The molecule has 0 bridgehead atoms. The van der Waals surface area contributed by atoms with Crippen LogP contribution in [0.1, 0.15) is 20.4 Å². The van der Waals surface area contributed by atoms with Crippen LogP contribution in [0.25, 0.3) is 11.5 Å². The largest absolute Gasteiger partial charge is 0.349 e. The Morgan fingerprint density at radius 1 is 1.26 bits per heavy atom. The van der Waals surface area contributed by atoms with Gasteiger partial charge >= 0.3 is 0 Å². The standard InChI is InChI=1S/C16H17N5OS/c1-11-14(23-12(2)20-11)16(22)19-8-10-21-9-7-18-15(21)13-5-3-4-6-17-13/h3-7,9H,8,10H2,1-2H3,(H,19,22). The first-order valence-corrected chi connectivity index (χ1v) is 8.11. The van der Waals surface area contributed by atoms with Crippen LogP contribution in [0.3, 0.4) is 0 Å². The van der Waals surface area contributed by atoms with Crippen LogP contribution in [0.4, 0.5) is 0 Å². The highest BCUT2D eigenvalue weighted by atomic mass is 32.1. The van der Waals surface area contributed by atoms with Crippen LogP contribution in [-0.4, -0.2) is 32.0 Å². The van der Waals surface area contributed by atoms with Crippen molar-refractivity contribution in [1.82, 2.24) is 24.8 Å². The van der Waals surface area contributed by atoms with Crippen molar-refractivity contribution in [3.63, 3.8) is 0 Å². The summed E-state index contributed by atoms with van der Waals surface area (Å²) in [6, 6.07) is 5.72. The van der Waals surface area contributed by atoms with E-state index in [1.165, 1.54) is 11.3 Å². The maximum atomic E-state index is 12.2. The highest BCUT2D eigenvalue weighted by molar-refractivity contribution is 7.13. The third kappa shape index (κ3) is 3.45. The summed E-state index contributed by atoms with van der Waals surface area (Å²) in [5.74, 6) is 0.720. The molecule has 7 heteroatoms. The van der Waals surface area contributed by atoms with E-state index < -0.39 is 0 Å². The van der Waals surface area contributed by atoms with Crippen LogP contribution < -0.4 is 5.32 Å². The Bertz CT molecular complexity index is 809. The summed E-state index contributed by atoms with van der Waals surface area (Å²) in [6.07, 6.45) is 5.37. The zero-order valence-electron chi connectivity index (χ0n) is 13.0. The second kappa shape index (κ2) is 6.70. The fourth-order valence-electron chi connectivity index (χ4n) is 2.33. The molecule has 1 N–H and O–H groups in total. The zero-order valence-corrected chi connectivity index (χ0v) is 13.8. The molecule has 0 aliphatic rings. The molecule has 3 aromatic rings. The summed E-state index contributed by atoms with van der Waals surface area (Å²) in [4.78, 5) is 25.8. The molecule has 1 amide bonds. The van der Waals surface area contributed by atoms with E-state index in [1.54, 1.807) is 12.4 Å². The molecule has 6 nitrogen and oxygen atoms in total. The molecule has 118 valence electrons. The molecule has 0 aliphatic carbocycles. The van der Waals surface area contributed by atoms with Gasteiger partial charge in [0.1, 0.15) is 10.6 Å². The van der Waals surface area contributed by atoms with Crippen molar-refractivity contribution >= 4 is 17.2 Å². The first-order valence-electron chi connectivity index (χ1n) is 7.30. The molecule has 0 fully saturated rings. The third-order valence-electron chi connectivity index (χ3n) is 3.36. The van der Waals surface area contributed by atoms with E-state index in [1.807, 2.05) is 42.8 Å². The minimum atomic E-state index is -0.0763. The smallest absolute Gasteiger partial charge is 0.263 e. The number of nitrogens with zero attached hydrogens (tertiary/aromatic N) is 4. The Kier molecular flexibility index (Phi) is 4.47. The van der Waals surface area contributed by atoms with Gasteiger partial charge in [-0.3, -0.25) is 9.78 Å². The van der Waals surface area contributed by atoms with Gasteiger partial charge in [-0.15, -0.1) is 11.3 Å². The number of aryl methyl sites for hydroxylation is 2. The second-order valence-corrected chi connectivity index (χ2v) is 6.27. The Balaban J connectivity index is 1.63. The second-order valence-electron chi connectivity index (χ2n) is 5.06. The van der Waals surface area contributed by atoms with E-state index >= 15 is 0 Å². The number of aromatic nitrogens is 4. The normalized spacial score (nSPS) is 10.7. The lowest BCUT2D eigenvalue weighted by molar-refractivity contribution is 0.0955. The molecular formula is C16H17N5OS. The van der Waals surface area contributed by atoms with Crippen molar-refractivity contribution in [1.29, 1.82) is 0 Å². The molecule has 23 heavy (non-hydrogen) atoms. The average molecular weight is 327 g/mol.